The summed E-state index contributed by atoms with van der Waals surface area (Å²) >= 11 is 0. The van der Waals surface area contributed by atoms with Gasteiger partial charge in [-0.1, -0.05) is 6.07 Å². The lowest BCUT2D eigenvalue weighted by molar-refractivity contribution is -0.138. The van der Waals surface area contributed by atoms with E-state index in [1.807, 2.05) is 65.1 Å². The van der Waals surface area contributed by atoms with E-state index in [1.54, 1.807) is 13.1 Å². The van der Waals surface area contributed by atoms with E-state index in [0.29, 0.717) is 6.61 Å². The molecule has 4 heterocycles. The Kier molecular flexibility index (Phi) is 6.38. The maximum Gasteiger partial charge on any atom is 0.163 e. The molecule has 0 amide bonds. The number of aryl methyl sites for hydroxylation is 2. The Balaban J connectivity index is 1.70. The third-order valence-electron chi connectivity index (χ3n) is 7.43. The van der Waals surface area contributed by atoms with Crippen LogP contribution in [-0.2, 0) is 16.0 Å². The van der Waals surface area contributed by atoms with Crippen molar-refractivity contribution in [2.75, 3.05) is 6.61 Å². The Morgan fingerprint density at radius 1 is 1.00 bits per heavy atom. The van der Waals surface area contributed by atoms with Gasteiger partial charge in [-0.25, -0.2) is 4.98 Å². The van der Waals surface area contributed by atoms with Crippen LogP contribution in [0.4, 0.5) is 0 Å². The monoisotopic (exact) mass is 531 g/mol. The van der Waals surface area contributed by atoms with Crippen molar-refractivity contribution in [1.29, 1.82) is 0 Å². The number of hydrogen-bond donors (Lipinski definition) is 0. The molecule has 0 bridgehead atoms. The molecule has 0 N–H and O–H groups in total. The van der Waals surface area contributed by atoms with Gasteiger partial charge < -0.3 is 9.47 Å². The Bertz CT molecular complexity index is 1790. The number of pyridine rings is 3. The summed E-state index contributed by atoms with van der Waals surface area (Å²) in [5.74, 6) is 0.790. The summed E-state index contributed by atoms with van der Waals surface area (Å²) in [5, 5.41) is 1.96. The summed E-state index contributed by atoms with van der Waals surface area (Å²) in [6.45, 7) is 12.2. The topological polar surface area (TPSA) is 74.2 Å². The lowest BCUT2D eigenvalue weighted by Crippen LogP contribution is -2.27. The van der Waals surface area contributed by atoms with E-state index in [0.717, 1.165) is 73.2 Å². The van der Waals surface area contributed by atoms with Crippen molar-refractivity contribution in [1.82, 2.24) is 15.0 Å². The third kappa shape index (κ3) is 4.52. The lowest BCUT2D eigenvalue weighted by atomic mass is 9.85. The van der Waals surface area contributed by atoms with E-state index in [-0.39, 0.29) is 5.78 Å². The number of ketones is 1. The van der Waals surface area contributed by atoms with Crippen molar-refractivity contribution in [2.45, 2.75) is 59.7 Å². The molecule has 5 aromatic rings. The van der Waals surface area contributed by atoms with Gasteiger partial charge in [0.05, 0.1) is 34.6 Å². The first-order valence-electron chi connectivity index (χ1n) is 13.7. The van der Waals surface area contributed by atoms with Crippen LogP contribution in [0, 0.1) is 13.8 Å². The molecule has 6 heteroatoms. The molecular formula is C34H33N3O3. The first-order valence-corrected chi connectivity index (χ1v) is 13.7. The van der Waals surface area contributed by atoms with Crippen LogP contribution in [0.15, 0.2) is 60.9 Å². The van der Waals surface area contributed by atoms with E-state index in [2.05, 4.69) is 29.2 Å². The first kappa shape index (κ1) is 26.1. The molecule has 0 radical (unpaired) electrons. The summed E-state index contributed by atoms with van der Waals surface area (Å²) in [5.41, 5.74) is 8.72. The van der Waals surface area contributed by atoms with Gasteiger partial charge in [0.25, 0.3) is 0 Å². The largest absolute Gasteiger partial charge is 0.493 e. The van der Waals surface area contributed by atoms with Gasteiger partial charge >= 0.3 is 0 Å². The number of ether oxygens (including phenoxy) is 2. The smallest absolute Gasteiger partial charge is 0.163 e. The molecule has 6 rings (SSSR count). The molecule has 202 valence electrons. The summed E-state index contributed by atoms with van der Waals surface area (Å²) in [6, 6.07) is 16.3. The zero-order chi connectivity index (χ0) is 28.2. The van der Waals surface area contributed by atoms with E-state index in [4.69, 9.17) is 19.4 Å². The van der Waals surface area contributed by atoms with Crippen molar-refractivity contribution >= 4 is 27.6 Å². The maximum atomic E-state index is 13.2. The minimum atomic E-state index is -0.751. The second-order valence-electron chi connectivity index (χ2n) is 11.5. The number of Topliss-reactive ketones (excluding diaryl/α,β-unsaturated/α-hetero) is 1. The molecule has 0 saturated carbocycles. The minimum absolute atomic E-state index is 0.0497. The fourth-order valence-corrected chi connectivity index (χ4v) is 5.74. The summed E-state index contributed by atoms with van der Waals surface area (Å²) < 4.78 is 12.5. The van der Waals surface area contributed by atoms with Crippen molar-refractivity contribution in [3.8, 4) is 28.3 Å². The number of aromatic nitrogens is 3. The highest BCUT2D eigenvalue weighted by atomic mass is 16.5. The Hall–Kier alpha value is -4.16. The molecule has 1 atom stereocenters. The fourth-order valence-electron chi connectivity index (χ4n) is 5.74. The Morgan fingerprint density at radius 2 is 1.82 bits per heavy atom. The van der Waals surface area contributed by atoms with Gasteiger partial charge in [-0.2, -0.15) is 0 Å². The van der Waals surface area contributed by atoms with Gasteiger partial charge in [0.15, 0.2) is 5.78 Å². The Labute approximate surface area is 234 Å². The number of nitrogens with zero attached hydrogens (tertiary/aromatic N) is 3. The van der Waals surface area contributed by atoms with E-state index >= 15 is 0 Å². The Morgan fingerprint density at radius 3 is 2.58 bits per heavy atom. The van der Waals surface area contributed by atoms with E-state index in [1.165, 1.54) is 5.56 Å². The SMILES string of the molecule is CC(=O)[C@@H](OC(C)(C)C)c1c(C)cc2nc(-c3ncccc3C)ccc2c1-c1ccc2c3c(ccnc13)CCO2. The summed E-state index contributed by atoms with van der Waals surface area (Å²) in [7, 11) is 0. The molecule has 0 spiro atoms. The average Bonchev–Trinajstić information content (AvgIpc) is 2.91. The standard InChI is InChI=1S/C34H33N3O3/c1-19-8-7-15-35-31(19)25-11-9-23-26(37-25)18-20(2)28(33(21(3)38)40-34(4,5)6)30(23)24-10-12-27-29-22(14-17-39-27)13-16-36-32(24)29/h7-13,15-16,18,33H,14,17H2,1-6H3/t33-/m1/s1. The van der Waals surface area contributed by atoms with Gasteiger partial charge in [0.2, 0.25) is 0 Å². The molecule has 0 saturated heterocycles. The predicted molar refractivity (Wildman–Crippen MR) is 159 cm³/mol. The van der Waals surface area contributed by atoms with Gasteiger partial charge in [0, 0.05) is 35.2 Å². The molecule has 6 nitrogen and oxygen atoms in total. The third-order valence-corrected chi connectivity index (χ3v) is 7.43. The lowest BCUT2D eigenvalue weighted by Gasteiger charge is -2.30. The van der Waals surface area contributed by atoms with Crippen molar-refractivity contribution in [3.63, 3.8) is 0 Å². The number of benzene rings is 2. The molecular weight excluding hydrogens is 498 g/mol. The average molecular weight is 532 g/mol. The highest BCUT2D eigenvalue weighted by molar-refractivity contribution is 6.08. The van der Waals surface area contributed by atoms with Crippen LogP contribution in [0.3, 0.4) is 0 Å². The zero-order valence-electron chi connectivity index (χ0n) is 23.8. The van der Waals surface area contributed by atoms with E-state index < -0.39 is 11.7 Å². The second kappa shape index (κ2) is 9.79. The van der Waals surface area contributed by atoms with Crippen LogP contribution in [-0.4, -0.2) is 32.9 Å². The number of carbonyl (C=O) groups excluding carboxylic acids is 1. The highest BCUT2D eigenvalue weighted by Gasteiger charge is 2.31. The molecule has 0 aliphatic carbocycles. The van der Waals surface area contributed by atoms with Crippen LogP contribution in [0.1, 0.15) is 56.1 Å². The highest BCUT2D eigenvalue weighted by Crippen LogP contribution is 2.45. The first-order chi connectivity index (χ1) is 19.1. The van der Waals surface area contributed by atoms with Crippen LogP contribution in [0.2, 0.25) is 0 Å². The minimum Gasteiger partial charge on any atom is -0.493 e. The van der Waals surface area contributed by atoms with Gasteiger partial charge in [-0.05, 0) is 112 Å². The number of rotatable bonds is 5. The number of fused-ring (bicyclic) bond motifs is 1. The van der Waals surface area contributed by atoms with Crippen LogP contribution in [0.25, 0.3) is 44.3 Å². The van der Waals surface area contributed by atoms with Crippen LogP contribution >= 0.6 is 0 Å². The molecule has 0 fully saturated rings. The number of hydrogen-bond acceptors (Lipinski definition) is 6. The van der Waals surface area contributed by atoms with Crippen LogP contribution in [0.5, 0.6) is 5.75 Å². The fraction of sp³-hybridized carbons (Fsp3) is 0.294. The predicted octanol–water partition coefficient (Wildman–Crippen LogP) is 7.51. The molecule has 0 unspecified atom stereocenters. The zero-order valence-corrected chi connectivity index (χ0v) is 23.8. The quantitative estimate of drug-likeness (QED) is 0.234. The van der Waals surface area contributed by atoms with Crippen molar-refractivity contribution in [3.05, 3.63) is 83.2 Å². The van der Waals surface area contributed by atoms with Gasteiger partial charge in [0.1, 0.15) is 11.9 Å². The molecule has 2 aromatic carbocycles. The maximum absolute atomic E-state index is 13.2. The van der Waals surface area contributed by atoms with Gasteiger partial charge in [-0.3, -0.25) is 14.8 Å². The van der Waals surface area contributed by atoms with E-state index in [9.17, 15) is 4.79 Å². The summed E-state index contributed by atoms with van der Waals surface area (Å²) in [6.07, 6.45) is 3.73. The molecule has 3 aromatic heterocycles. The number of carbonyl (C=O) groups is 1. The molecule has 1 aliphatic rings. The second-order valence-corrected chi connectivity index (χ2v) is 11.5. The summed E-state index contributed by atoms with van der Waals surface area (Å²) in [4.78, 5) is 27.7. The molecule has 40 heavy (non-hydrogen) atoms. The van der Waals surface area contributed by atoms with Gasteiger partial charge in [-0.15, -0.1) is 0 Å². The van der Waals surface area contributed by atoms with Crippen LogP contribution < -0.4 is 4.74 Å². The molecule has 1 aliphatic heterocycles. The van der Waals surface area contributed by atoms with Crippen molar-refractivity contribution < 1.29 is 14.3 Å². The van der Waals surface area contributed by atoms with Crippen molar-refractivity contribution in [2.24, 2.45) is 0 Å². The normalized spacial score (nSPS) is 13.8.